The maximum Gasteiger partial charge on any atom is 0.0915 e. The predicted octanol–water partition coefficient (Wildman–Crippen LogP) is 1.21. The molecular weight excluding hydrogens is 208 g/mol. The van der Waals surface area contributed by atoms with Crippen molar-refractivity contribution in [3.8, 4) is 0 Å². The molecule has 0 bridgehead atoms. The van der Waals surface area contributed by atoms with Gasteiger partial charge in [0.2, 0.25) is 0 Å². The first-order valence-electron chi connectivity index (χ1n) is 5.25. The molecule has 0 saturated carbocycles. The van der Waals surface area contributed by atoms with E-state index in [1.54, 1.807) is 12.4 Å². The molecule has 3 nitrogen and oxygen atoms in total. The molecule has 2 heterocycles. The lowest BCUT2D eigenvalue weighted by molar-refractivity contribution is 0.171. The smallest absolute Gasteiger partial charge is 0.0915 e. The number of nitrogens with one attached hydrogen (secondary N) is 1. The van der Waals surface area contributed by atoms with Gasteiger partial charge in [-0.3, -0.25) is 4.98 Å². The van der Waals surface area contributed by atoms with Gasteiger partial charge in [-0.15, -0.1) is 0 Å². The van der Waals surface area contributed by atoms with Gasteiger partial charge in [0.1, 0.15) is 0 Å². The minimum atomic E-state index is -0.418. The molecule has 2 rings (SSSR count). The molecule has 4 heteroatoms. The fourth-order valence-corrected chi connectivity index (χ4v) is 2.86. The second kappa shape index (κ2) is 5.49. The Morgan fingerprint density at radius 1 is 1.53 bits per heavy atom. The van der Waals surface area contributed by atoms with Gasteiger partial charge in [-0.25, -0.2) is 0 Å². The van der Waals surface area contributed by atoms with Gasteiger partial charge >= 0.3 is 0 Å². The van der Waals surface area contributed by atoms with E-state index in [0.29, 0.717) is 12.6 Å². The fraction of sp³-hybridized carbons (Fsp3) is 0.545. The van der Waals surface area contributed by atoms with E-state index in [1.807, 2.05) is 23.9 Å². The van der Waals surface area contributed by atoms with Crippen LogP contribution >= 0.6 is 11.8 Å². The van der Waals surface area contributed by atoms with E-state index in [4.69, 9.17) is 0 Å². The number of nitrogens with zero attached hydrogens (tertiary/aromatic N) is 1. The van der Waals surface area contributed by atoms with Crippen molar-refractivity contribution >= 4 is 11.8 Å². The molecule has 1 saturated heterocycles. The van der Waals surface area contributed by atoms with Crippen LogP contribution < -0.4 is 5.32 Å². The van der Waals surface area contributed by atoms with Gasteiger partial charge in [-0.05, 0) is 29.9 Å². The number of hydrogen-bond donors (Lipinski definition) is 2. The summed E-state index contributed by atoms with van der Waals surface area (Å²) in [5, 5.41) is 13.3. The third-order valence-corrected chi connectivity index (χ3v) is 3.78. The summed E-state index contributed by atoms with van der Waals surface area (Å²) in [5.74, 6) is 2.41. The van der Waals surface area contributed by atoms with Crippen LogP contribution in [0.25, 0.3) is 0 Å². The molecule has 0 amide bonds. The molecule has 1 aliphatic heterocycles. The predicted molar refractivity (Wildman–Crippen MR) is 62.9 cm³/mol. The lowest BCUT2D eigenvalue weighted by atomic mass is 10.1. The van der Waals surface area contributed by atoms with Crippen molar-refractivity contribution in [2.45, 2.75) is 18.6 Å². The third kappa shape index (κ3) is 3.19. The molecule has 1 aromatic heterocycles. The first-order chi connectivity index (χ1) is 7.36. The summed E-state index contributed by atoms with van der Waals surface area (Å²) in [6.07, 6.45) is 4.22. The Balaban J connectivity index is 1.79. The van der Waals surface area contributed by atoms with Crippen molar-refractivity contribution in [1.82, 2.24) is 10.3 Å². The summed E-state index contributed by atoms with van der Waals surface area (Å²) in [7, 11) is 0. The number of rotatable bonds is 4. The molecule has 1 fully saturated rings. The molecule has 0 aromatic carbocycles. The number of pyridine rings is 1. The molecule has 2 unspecified atom stereocenters. The number of aliphatic hydroxyl groups is 1. The average molecular weight is 224 g/mol. The van der Waals surface area contributed by atoms with Crippen molar-refractivity contribution in [2.24, 2.45) is 0 Å². The largest absolute Gasteiger partial charge is 0.387 e. The van der Waals surface area contributed by atoms with Gasteiger partial charge in [0.05, 0.1) is 6.10 Å². The molecule has 0 radical (unpaired) electrons. The standard InChI is InChI=1S/C11H16N2OS/c14-11(9-1-4-12-5-2-9)7-13-10-3-6-15-8-10/h1-2,4-5,10-11,13-14H,3,6-8H2. The van der Waals surface area contributed by atoms with Gasteiger partial charge in [0, 0.05) is 30.7 Å². The lowest BCUT2D eigenvalue weighted by Crippen LogP contribution is -2.32. The molecule has 1 aliphatic rings. The summed E-state index contributed by atoms with van der Waals surface area (Å²) < 4.78 is 0. The van der Waals surface area contributed by atoms with Crippen LogP contribution in [0.3, 0.4) is 0 Å². The van der Waals surface area contributed by atoms with E-state index < -0.39 is 6.10 Å². The van der Waals surface area contributed by atoms with Crippen LogP contribution in [0.1, 0.15) is 18.1 Å². The maximum absolute atomic E-state index is 9.88. The highest BCUT2D eigenvalue weighted by molar-refractivity contribution is 7.99. The number of aliphatic hydroxyl groups excluding tert-OH is 1. The molecule has 2 N–H and O–H groups in total. The average Bonchev–Trinajstić information content (AvgIpc) is 2.80. The summed E-state index contributed by atoms with van der Waals surface area (Å²) in [4.78, 5) is 3.93. The van der Waals surface area contributed by atoms with Crippen LogP contribution in [0.5, 0.6) is 0 Å². The van der Waals surface area contributed by atoms with Gasteiger partial charge in [-0.2, -0.15) is 11.8 Å². The SMILES string of the molecule is OC(CNC1CCSC1)c1ccncc1. The van der Waals surface area contributed by atoms with Crippen LogP contribution in [-0.4, -0.2) is 34.2 Å². The lowest BCUT2D eigenvalue weighted by Gasteiger charge is -2.15. The van der Waals surface area contributed by atoms with Gasteiger partial charge in [-0.1, -0.05) is 0 Å². The first-order valence-corrected chi connectivity index (χ1v) is 6.41. The number of hydrogen-bond acceptors (Lipinski definition) is 4. The Labute approximate surface area is 94.3 Å². The second-order valence-electron chi connectivity index (χ2n) is 3.77. The minimum absolute atomic E-state index is 0.418. The van der Waals surface area contributed by atoms with Crippen molar-refractivity contribution in [3.63, 3.8) is 0 Å². The molecule has 82 valence electrons. The number of thioether (sulfide) groups is 1. The van der Waals surface area contributed by atoms with Gasteiger partial charge in [0.25, 0.3) is 0 Å². The summed E-state index contributed by atoms with van der Waals surface area (Å²) >= 11 is 1.98. The van der Waals surface area contributed by atoms with Gasteiger partial charge in [0.15, 0.2) is 0 Å². The molecule has 0 spiro atoms. The summed E-state index contributed by atoms with van der Waals surface area (Å²) in [6, 6.07) is 4.29. The Morgan fingerprint density at radius 3 is 3.00 bits per heavy atom. The second-order valence-corrected chi connectivity index (χ2v) is 4.91. The van der Waals surface area contributed by atoms with Crippen LogP contribution in [0, 0.1) is 0 Å². The van der Waals surface area contributed by atoms with Crippen molar-refractivity contribution in [3.05, 3.63) is 30.1 Å². The van der Waals surface area contributed by atoms with E-state index in [2.05, 4.69) is 10.3 Å². The Hall–Kier alpha value is -0.580. The van der Waals surface area contributed by atoms with Crippen molar-refractivity contribution in [2.75, 3.05) is 18.1 Å². The van der Waals surface area contributed by atoms with E-state index in [-0.39, 0.29) is 0 Å². The Kier molecular flexibility index (Phi) is 4.00. The van der Waals surface area contributed by atoms with Crippen molar-refractivity contribution < 1.29 is 5.11 Å². The third-order valence-electron chi connectivity index (χ3n) is 2.62. The molecule has 2 atom stereocenters. The van der Waals surface area contributed by atoms with Crippen LogP contribution in [0.15, 0.2) is 24.5 Å². The monoisotopic (exact) mass is 224 g/mol. The fourth-order valence-electron chi connectivity index (χ4n) is 1.68. The van der Waals surface area contributed by atoms with Gasteiger partial charge < -0.3 is 10.4 Å². The zero-order chi connectivity index (χ0) is 10.5. The molecule has 15 heavy (non-hydrogen) atoms. The quantitative estimate of drug-likeness (QED) is 0.807. The summed E-state index contributed by atoms with van der Waals surface area (Å²) in [6.45, 7) is 0.634. The molecular formula is C11H16N2OS. The maximum atomic E-state index is 9.88. The first kappa shape index (κ1) is 10.9. The Morgan fingerprint density at radius 2 is 2.33 bits per heavy atom. The zero-order valence-electron chi connectivity index (χ0n) is 8.60. The van der Waals surface area contributed by atoms with E-state index >= 15 is 0 Å². The van der Waals surface area contributed by atoms with Crippen LogP contribution in [-0.2, 0) is 0 Å². The number of aromatic nitrogens is 1. The highest BCUT2D eigenvalue weighted by Crippen LogP contribution is 2.18. The molecule has 1 aromatic rings. The molecule has 0 aliphatic carbocycles. The van der Waals surface area contributed by atoms with E-state index in [9.17, 15) is 5.11 Å². The zero-order valence-corrected chi connectivity index (χ0v) is 9.41. The summed E-state index contributed by atoms with van der Waals surface area (Å²) in [5.41, 5.74) is 0.933. The Bertz CT molecular complexity index is 288. The van der Waals surface area contributed by atoms with Crippen LogP contribution in [0.4, 0.5) is 0 Å². The highest BCUT2D eigenvalue weighted by Gasteiger charge is 2.16. The van der Waals surface area contributed by atoms with E-state index in [0.717, 1.165) is 5.56 Å². The normalized spacial score (nSPS) is 22.9. The van der Waals surface area contributed by atoms with Crippen molar-refractivity contribution in [1.29, 1.82) is 0 Å². The highest BCUT2D eigenvalue weighted by atomic mass is 32.2. The van der Waals surface area contributed by atoms with E-state index in [1.165, 1.54) is 17.9 Å². The van der Waals surface area contributed by atoms with Crippen LogP contribution in [0.2, 0.25) is 0 Å². The minimum Gasteiger partial charge on any atom is -0.387 e. The topological polar surface area (TPSA) is 45.1 Å².